The first-order valence-corrected chi connectivity index (χ1v) is 35.7. The van der Waals surface area contributed by atoms with Gasteiger partial charge in [0.1, 0.15) is 45.9 Å². The second-order valence-corrected chi connectivity index (χ2v) is 29.2. The molecule has 0 spiro atoms. The summed E-state index contributed by atoms with van der Waals surface area (Å²) in [5, 5.41) is 25.0. The number of ether oxygens (including phenoxy) is 8. The van der Waals surface area contributed by atoms with E-state index in [-0.39, 0.29) is 35.2 Å². The molecule has 108 heavy (non-hydrogen) atoms. The summed E-state index contributed by atoms with van der Waals surface area (Å²) in [5.74, 6) is 1.03. The molecule has 2 amide bonds. The number of rotatable bonds is 26. The number of nitrogens with one attached hydrogen (secondary N) is 1. The summed E-state index contributed by atoms with van der Waals surface area (Å²) in [6, 6.07) is 21.4. The predicted molar refractivity (Wildman–Crippen MR) is 403 cm³/mol. The maximum atomic E-state index is 14.5. The van der Waals surface area contributed by atoms with Crippen molar-refractivity contribution in [3.05, 3.63) is 183 Å². The van der Waals surface area contributed by atoms with Gasteiger partial charge in [0.15, 0.2) is 34.7 Å². The van der Waals surface area contributed by atoms with Gasteiger partial charge in [-0.2, -0.15) is 0 Å². The van der Waals surface area contributed by atoms with E-state index in [1.165, 1.54) is 76.6 Å². The van der Waals surface area contributed by atoms with E-state index in [4.69, 9.17) is 43.6 Å². The lowest BCUT2D eigenvalue weighted by Crippen LogP contribution is -2.38. The highest BCUT2D eigenvalue weighted by Crippen LogP contribution is 2.43. The molecule has 0 aliphatic carbocycles. The molecule has 9 heterocycles. The molecule has 0 atom stereocenters. The quantitative estimate of drug-likeness (QED) is 0.0220. The van der Waals surface area contributed by atoms with Crippen LogP contribution in [0.1, 0.15) is 58.6 Å². The van der Waals surface area contributed by atoms with Crippen molar-refractivity contribution in [1.82, 2.24) is 58.7 Å². The maximum Gasteiger partial charge on any atom is 0.410 e. The van der Waals surface area contributed by atoms with Gasteiger partial charge in [-0.1, -0.05) is 0 Å². The molecule has 9 aromatic heterocycles. The Morgan fingerprint density at radius 2 is 0.852 bits per heavy atom. The summed E-state index contributed by atoms with van der Waals surface area (Å²) in [6.45, 7) is 15.0. The van der Waals surface area contributed by atoms with E-state index >= 15 is 0 Å². The van der Waals surface area contributed by atoms with Crippen molar-refractivity contribution >= 4 is 93.9 Å². The van der Waals surface area contributed by atoms with Gasteiger partial charge in [0.05, 0.1) is 136 Å². The van der Waals surface area contributed by atoms with Gasteiger partial charge < -0.3 is 72.4 Å². The topological polar surface area (TPSA) is 331 Å². The summed E-state index contributed by atoms with van der Waals surface area (Å²) in [4.78, 5) is 78.6. The van der Waals surface area contributed by atoms with Crippen LogP contribution in [-0.2, 0) is 64.5 Å². The van der Waals surface area contributed by atoms with Crippen LogP contribution in [0.15, 0.2) is 128 Å². The molecule has 0 saturated heterocycles. The molecule has 0 saturated carbocycles. The predicted octanol–water partition coefficient (Wildman–Crippen LogP) is 15.8. The first-order chi connectivity index (χ1) is 51.5. The maximum absolute atomic E-state index is 14.5. The van der Waals surface area contributed by atoms with E-state index in [0.29, 0.717) is 102 Å². The number of imidazole rings is 3. The molecule has 0 aliphatic heterocycles. The van der Waals surface area contributed by atoms with Crippen molar-refractivity contribution in [2.75, 3.05) is 66.5 Å². The average Bonchev–Trinajstić information content (AvgIpc) is 1.62. The van der Waals surface area contributed by atoms with Crippen molar-refractivity contribution in [1.29, 1.82) is 0 Å². The molecule has 0 fully saturated rings. The fraction of sp³-hybridized carbons (Fsp3) is 0.315. The van der Waals surface area contributed by atoms with Gasteiger partial charge in [-0.15, -0.1) is 34.0 Å². The smallest absolute Gasteiger partial charge is 0.410 e. The number of benzene rings is 3. The van der Waals surface area contributed by atoms with Crippen LogP contribution in [0.5, 0.6) is 34.5 Å². The number of halogens is 3. The van der Waals surface area contributed by atoms with Crippen LogP contribution in [0.4, 0.5) is 39.8 Å². The number of nitro groups is 2. The number of methoxy groups -OCH3 is 3. The number of thiophene rings is 3. The third-order valence-electron chi connectivity index (χ3n) is 15.8. The average molecular weight is 1540 g/mol. The molecular formula is C73H78F3N15O14S3. The second kappa shape index (κ2) is 35.0. The highest BCUT2D eigenvalue weighted by Gasteiger charge is 2.28. The number of hydrogen-bond donors (Lipinski definition) is 2. The molecule has 568 valence electrons. The van der Waals surface area contributed by atoms with Crippen LogP contribution < -0.4 is 25.3 Å². The molecule has 12 rings (SSSR count). The van der Waals surface area contributed by atoms with E-state index in [2.05, 4.69) is 35.2 Å². The highest BCUT2D eigenvalue weighted by atomic mass is 32.1. The van der Waals surface area contributed by atoms with Gasteiger partial charge in [0, 0.05) is 129 Å². The zero-order chi connectivity index (χ0) is 77.7. The minimum Gasteiger partial charge on any atom is -0.453 e. The monoisotopic (exact) mass is 1540 g/mol. The number of carbonyl (C=O) groups excluding carboxylic acids is 2. The van der Waals surface area contributed by atoms with E-state index in [1.807, 2.05) is 101 Å². The third kappa shape index (κ3) is 19.9. The van der Waals surface area contributed by atoms with Crippen LogP contribution in [0.25, 0.3) is 62.8 Å². The Labute approximate surface area is 629 Å². The van der Waals surface area contributed by atoms with E-state index < -0.39 is 50.7 Å². The molecule has 35 heteroatoms. The number of pyridine rings is 3. The number of aromatic nitrogens is 9. The lowest BCUT2D eigenvalue weighted by molar-refractivity contribution is -0.385. The Bertz CT molecular complexity index is 5200. The number of nitrogens with two attached hydrogens (primary N) is 1. The molecule has 0 bridgehead atoms. The van der Waals surface area contributed by atoms with Crippen LogP contribution >= 0.6 is 34.0 Å². The van der Waals surface area contributed by atoms with Crippen LogP contribution in [0.3, 0.4) is 0 Å². The number of nitrogen functional groups attached to an aromatic ring is 1. The van der Waals surface area contributed by atoms with Crippen molar-refractivity contribution in [3.63, 3.8) is 0 Å². The Morgan fingerprint density at radius 1 is 0.500 bits per heavy atom. The van der Waals surface area contributed by atoms with Crippen LogP contribution in [0, 0.1) is 37.7 Å². The lowest BCUT2D eigenvalue weighted by atomic mass is 10.2. The fourth-order valence-corrected chi connectivity index (χ4v) is 13.7. The zero-order valence-corrected chi connectivity index (χ0v) is 63.4. The van der Waals surface area contributed by atoms with Gasteiger partial charge in [-0.25, -0.2) is 37.7 Å². The molecule has 3 aromatic carbocycles. The van der Waals surface area contributed by atoms with Crippen molar-refractivity contribution in [2.45, 2.75) is 72.4 Å². The number of anilines is 1. The minimum atomic E-state index is -0.845. The summed E-state index contributed by atoms with van der Waals surface area (Å²) in [5.41, 5.74) is 8.64. The molecule has 29 nitrogen and oxygen atoms in total. The van der Waals surface area contributed by atoms with E-state index in [0.717, 1.165) is 65.6 Å². The first-order valence-electron chi connectivity index (χ1n) is 33.3. The zero-order valence-electron chi connectivity index (χ0n) is 61.0. The van der Waals surface area contributed by atoms with Gasteiger partial charge in [-0.3, -0.25) is 35.2 Å². The Morgan fingerprint density at radius 3 is 1.19 bits per heavy atom. The lowest BCUT2D eigenvalue weighted by Gasteiger charge is -2.27. The summed E-state index contributed by atoms with van der Waals surface area (Å²) >= 11 is 4.22. The van der Waals surface area contributed by atoms with Gasteiger partial charge >= 0.3 is 12.2 Å². The van der Waals surface area contributed by atoms with Crippen LogP contribution in [-0.4, -0.2) is 147 Å². The standard InChI is InChI=1S/C26H28FN5O6S.C26H30FN5O4S.C21H20FN5O4S/c1-26(2,3)38-25(33)31(10-11-36-5)15-17-14-29-24(30(17)4)22-13-19-23(39-22)21(8-9-28-19)37-20-7-6-16(32(34)35)12-18(20)27;1-26(2,3)36-25(33)32(10-11-34-5)15-17-14-30-24(31(17)4)22-13-19-23(37-22)21(8-9-29-19)35-20-7-6-16(28)12-18(20)27;1-26-14(11-23-7-8-30-2)12-25-21(26)19-10-16-20(32-19)18(5-6-24-16)31-17-4-3-13(27(28)29)9-15(17)22/h6-9,12-14H,10-11,15H2,1-5H3;6-9,12-14H,10-11,15,28H2,1-5H3;3-6,9-10,12,23H,7-8,11H2,1-2H3. The molecule has 12 aromatic rings. The number of nitro benzene ring substituents is 2. The highest BCUT2D eigenvalue weighted by molar-refractivity contribution is 7.23. The largest absolute Gasteiger partial charge is 0.453 e. The molecular weight excluding hydrogens is 1460 g/mol. The van der Waals surface area contributed by atoms with E-state index in [1.54, 1.807) is 80.2 Å². The van der Waals surface area contributed by atoms with Gasteiger partial charge in [0.25, 0.3) is 11.4 Å². The summed E-state index contributed by atoms with van der Waals surface area (Å²) in [6.07, 6.45) is 9.10. The van der Waals surface area contributed by atoms with Crippen molar-refractivity contribution < 1.29 is 70.5 Å². The summed E-state index contributed by atoms with van der Waals surface area (Å²) < 4.78 is 94.9. The number of hydrogen-bond acceptors (Lipinski definition) is 25. The first kappa shape index (κ1) is 79.4. The number of non-ortho nitro benzene ring substituents is 2. The third-order valence-corrected chi connectivity index (χ3v) is 19.2. The Kier molecular flexibility index (Phi) is 25.7. The second-order valence-electron chi connectivity index (χ2n) is 26.0. The number of fused-ring (bicyclic) bond motifs is 3. The molecule has 0 radical (unpaired) electrons. The molecule has 0 aliphatic rings. The Hall–Kier alpha value is -11.2. The fourth-order valence-electron chi connectivity index (χ4n) is 10.4. The van der Waals surface area contributed by atoms with Crippen molar-refractivity contribution in [2.24, 2.45) is 21.1 Å². The van der Waals surface area contributed by atoms with Crippen molar-refractivity contribution in [3.8, 4) is 66.6 Å². The SMILES string of the molecule is COCCN(Cc1cnc(-c2cc3nccc(Oc4ccc(N)cc4F)c3s2)n1C)C(=O)OC(C)(C)C.COCCN(Cc1cnc(-c2cc3nccc(Oc4ccc([N+](=O)[O-])cc4F)c3s2)n1C)C(=O)OC(C)(C)C.COCCNCc1cnc(-c2cc3nccc(Oc4ccc([N+](=O)[O-])cc4F)c3s2)n1C. The van der Waals surface area contributed by atoms with Crippen LogP contribution in [0.2, 0.25) is 0 Å². The number of amides is 2. The number of carbonyl (C=O) groups is 2. The Balaban J connectivity index is 0.000000174. The summed E-state index contributed by atoms with van der Waals surface area (Å²) in [7, 11) is 10.5. The molecule has 0 unspecified atom stereocenters. The van der Waals surface area contributed by atoms with Gasteiger partial charge in [0.2, 0.25) is 0 Å². The normalized spacial score (nSPS) is 11.5. The minimum absolute atomic E-state index is 0.0780. The van der Waals surface area contributed by atoms with Gasteiger partial charge in [-0.05, 0) is 84.0 Å². The number of nitrogens with zero attached hydrogens (tertiary/aromatic N) is 13. The van der Waals surface area contributed by atoms with E-state index in [9.17, 15) is 43.0 Å². The molecule has 3 N–H and O–H groups in total.